The molecule has 24 heavy (non-hydrogen) atoms. The van der Waals surface area contributed by atoms with Gasteiger partial charge in [0.2, 0.25) is 5.78 Å². The molecule has 0 radical (unpaired) electrons. The van der Waals surface area contributed by atoms with Gasteiger partial charge in [-0.05, 0) is 36.1 Å². The van der Waals surface area contributed by atoms with Gasteiger partial charge in [-0.1, -0.05) is 0 Å². The van der Waals surface area contributed by atoms with Crippen molar-refractivity contribution < 1.29 is 19.0 Å². The third-order valence-corrected chi connectivity index (χ3v) is 4.48. The number of ketones is 1. The summed E-state index contributed by atoms with van der Waals surface area (Å²) in [5, 5.41) is 11.2. The van der Waals surface area contributed by atoms with E-state index < -0.39 is 0 Å². The first kappa shape index (κ1) is 17.6. The van der Waals surface area contributed by atoms with Crippen molar-refractivity contribution in [2.75, 3.05) is 21.3 Å². The second-order valence-corrected chi connectivity index (χ2v) is 5.80. The van der Waals surface area contributed by atoms with Gasteiger partial charge in [0.25, 0.3) is 0 Å². The van der Waals surface area contributed by atoms with E-state index in [1.54, 1.807) is 12.1 Å². The van der Waals surface area contributed by atoms with Crippen molar-refractivity contribution in [2.45, 2.75) is 6.92 Å². The molecule has 1 aromatic heterocycles. The number of Topliss-reactive ketones (excluding diaryl/α,β-unsaturated/α-hetero) is 1. The molecule has 0 saturated carbocycles. The highest BCUT2D eigenvalue weighted by atomic mass is 32.1. The van der Waals surface area contributed by atoms with Crippen molar-refractivity contribution in [3.63, 3.8) is 0 Å². The maximum absolute atomic E-state index is 12.6. The van der Waals surface area contributed by atoms with Crippen LogP contribution in [0.1, 0.15) is 20.8 Å². The maximum atomic E-state index is 12.6. The third-order valence-electron chi connectivity index (χ3n) is 3.47. The average Bonchev–Trinajstić information content (AvgIpc) is 3.04. The molecule has 0 saturated heterocycles. The van der Waals surface area contributed by atoms with Gasteiger partial charge in [0, 0.05) is 11.6 Å². The summed E-state index contributed by atoms with van der Waals surface area (Å²) in [7, 11) is 4.55. The van der Waals surface area contributed by atoms with Gasteiger partial charge in [0.15, 0.2) is 11.5 Å². The molecule has 2 aromatic rings. The fraction of sp³-hybridized carbons (Fsp3) is 0.222. The van der Waals surface area contributed by atoms with Crippen LogP contribution in [0.25, 0.3) is 6.08 Å². The van der Waals surface area contributed by atoms with Gasteiger partial charge in [-0.15, -0.1) is 11.3 Å². The van der Waals surface area contributed by atoms with Crippen LogP contribution in [-0.4, -0.2) is 27.1 Å². The maximum Gasteiger partial charge on any atom is 0.213 e. The van der Waals surface area contributed by atoms with Gasteiger partial charge in [0.1, 0.15) is 17.4 Å². The first-order valence-electron chi connectivity index (χ1n) is 7.06. The van der Waals surface area contributed by atoms with Gasteiger partial charge in [0.05, 0.1) is 26.2 Å². The molecule has 0 aliphatic heterocycles. The summed E-state index contributed by atoms with van der Waals surface area (Å²) in [6.45, 7) is 1.84. The molecule has 2 rings (SSSR count). The van der Waals surface area contributed by atoms with Crippen LogP contribution in [0.5, 0.6) is 17.2 Å². The Bertz CT molecular complexity index is 830. The number of benzene rings is 1. The van der Waals surface area contributed by atoms with Crippen molar-refractivity contribution in [3.05, 3.63) is 45.2 Å². The normalized spacial score (nSPS) is 10.9. The molecule has 0 spiro atoms. The van der Waals surface area contributed by atoms with E-state index in [1.807, 2.05) is 24.4 Å². The molecule has 0 fully saturated rings. The smallest absolute Gasteiger partial charge is 0.213 e. The third kappa shape index (κ3) is 3.42. The predicted molar refractivity (Wildman–Crippen MR) is 93.1 cm³/mol. The van der Waals surface area contributed by atoms with Crippen LogP contribution in [0.2, 0.25) is 0 Å². The van der Waals surface area contributed by atoms with Gasteiger partial charge in [-0.3, -0.25) is 4.79 Å². The predicted octanol–water partition coefficient (Wildman–Crippen LogP) is 3.87. The molecule has 0 bridgehead atoms. The highest BCUT2D eigenvalue weighted by Gasteiger charge is 2.18. The summed E-state index contributed by atoms with van der Waals surface area (Å²) in [5.41, 5.74) is 1.45. The minimum Gasteiger partial charge on any atom is -0.496 e. The van der Waals surface area contributed by atoms with Gasteiger partial charge >= 0.3 is 0 Å². The number of carbonyl (C=O) groups is 1. The summed E-state index contributed by atoms with van der Waals surface area (Å²) in [5.74, 6) is 1.17. The summed E-state index contributed by atoms with van der Waals surface area (Å²) in [6.07, 6.45) is 1.50. The number of aryl methyl sites for hydroxylation is 1. The van der Waals surface area contributed by atoms with E-state index in [9.17, 15) is 10.1 Å². The number of allylic oxidation sites excluding steroid dienone is 1. The average molecular weight is 343 g/mol. The van der Waals surface area contributed by atoms with E-state index in [4.69, 9.17) is 14.2 Å². The van der Waals surface area contributed by atoms with Gasteiger partial charge in [-0.25, -0.2) is 0 Å². The standard InChI is InChI=1S/C18H17NO4S/c1-11-5-6-24-18(11)17(20)13(10-19)7-12-8-15(22-3)16(23-4)9-14(12)21-2/h5-9H,1-4H3/b13-7-. The molecule has 124 valence electrons. The lowest BCUT2D eigenvalue weighted by atomic mass is 10.0. The van der Waals surface area contributed by atoms with E-state index in [2.05, 4.69) is 0 Å². The van der Waals surface area contributed by atoms with Crippen LogP contribution >= 0.6 is 11.3 Å². The van der Waals surface area contributed by atoms with E-state index in [-0.39, 0.29) is 11.4 Å². The van der Waals surface area contributed by atoms with Crippen molar-refractivity contribution in [1.29, 1.82) is 5.26 Å². The fourth-order valence-electron chi connectivity index (χ4n) is 2.20. The van der Waals surface area contributed by atoms with E-state index >= 15 is 0 Å². The highest BCUT2D eigenvalue weighted by Crippen LogP contribution is 2.36. The Morgan fingerprint density at radius 1 is 1.12 bits per heavy atom. The van der Waals surface area contributed by atoms with Crippen LogP contribution in [0.4, 0.5) is 0 Å². The first-order chi connectivity index (χ1) is 11.5. The van der Waals surface area contributed by atoms with Crippen molar-refractivity contribution >= 4 is 23.2 Å². The lowest BCUT2D eigenvalue weighted by molar-refractivity contribution is 0.104. The van der Waals surface area contributed by atoms with Crippen molar-refractivity contribution in [3.8, 4) is 23.3 Å². The number of nitrogens with zero attached hydrogens (tertiary/aromatic N) is 1. The van der Waals surface area contributed by atoms with Gasteiger partial charge < -0.3 is 14.2 Å². The number of hydrogen-bond acceptors (Lipinski definition) is 6. The largest absolute Gasteiger partial charge is 0.496 e. The first-order valence-corrected chi connectivity index (χ1v) is 7.94. The number of rotatable bonds is 6. The zero-order chi connectivity index (χ0) is 17.7. The summed E-state index contributed by atoms with van der Waals surface area (Å²) >= 11 is 1.32. The van der Waals surface area contributed by atoms with Crippen LogP contribution in [0, 0.1) is 18.3 Å². The van der Waals surface area contributed by atoms with Crippen LogP contribution in [-0.2, 0) is 0 Å². The minimum absolute atomic E-state index is 0.0334. The Morgan fingerprint density at radius 2 is 1.75 bits per heavy atom. The lowest BCUT2D eigenvalue weighted by Gasteiger charge is -2.12. The molecule has 0 aliphatic rings. The van der Waals surface area contributed by atoms with E-state index in [1.165, 1.54) is 38.7 Å². The molecule has 0 atom stereocenters. The van der Waals surface area contributed by atoms with E-state index in [0.717, 1.165) is 5.56 Å². The molecular weight excluding hydrogens is 326 g/mol. The Balaban J connectivity index is 2.53. The quantitative estimate of drug-likeness (QED) is 0.452. The lowest BCUT2D eigenvalue weighted by Crippen LogP contribution is -2.02. The van der Waals surface area contributed by atoms with E-state index in [0.29, 0.717) is 27.7 Å². The number of carbonyl (C=O) groups excluding carboxylic acids is 1. The fourth-order valence-corrected chi connectivity index (χ4v) is 3.08. The number of methoxy groups -OCH3 is 3. The molecule has 0 N–H and O–H groups in total. The zero-order valence-corrected chi connectivity index (χ0v) is 14.7. The SMILES string of the molecule is COc1cc(OC)c(OC)cc1/C=C(/C#N)C(=O)c1sccc1C. The van der Waals surface area contributed by atoms with Crippen LogP contribution in [0.15, 0.2) is 29.2 Å². The van der Waals surface area contributed by atoms with Crippen LogP contribution < -0.4 is 14.2 Å². The van der Waals surface area contributed by atoms with Crippen molar-refractivity contribution in [1.82, 2.24) is 0 Å². The number of nitriles is 1. The summed E-state index contributed by atoms with van der Waals surface area (Å²) < 4.78 is 15.8. The zero-order valence-electron chi connectivity index (χ0n) is 13.9. The second-order valence-electron chi connectivity index (χ2n) is 4.88. The number of ether oxygens (including phenoxy) is 3. The summed E-state index contributed by atoms with van der Waals surface area (Å²) in [6, 6.07) is 7.15. The molecule has 1 aromatic carbocycles. The summed E-state index contributed by atoms with van der Waals surface area (Å²) in [4.78, 5) is 13.1. The van der Waals surface area contributed by atoms with Gasteiger partial charge in [-0.2, -0.15) is 5.26 Å². The molecule has 0 unspecified atom stereocenters. The second kappa shape index (κ2) is 7.66. The Labute approximate surface area is 144 Å². The molecule has 0 aliphatic carbocycles. The number of thiophene rings is 1. The van der Waals surface area contributed by atoms with Crippen LogP contribution in [0.3, 0.4) is 0 Å². The Hall–Kier alpha value is -2.78. The molecule has 6 heteroatoms. The topological polar surface area (TPSA) is 68.6 Å². The molecule has 1 heterocycles. The monoisotopic (exact) mass is 343 g/mol. The minimum atomic E-state index is -0.304. The number of hydrogen-bond donors (Lipinski definition) is 0. The molecule has 5 nitrogen and oxygen atoms in total. The highest BCUT2D eigenvalue weighted by molar-refractivity contribution is 7.12. The Kier molecular flexibility index (Phi) is 5.61. The Morgan fingerprint density at radius 3 is 2.25 bits per heavy atom. The molecule has 0 amide bonds. The van der Waals surface area contributed by atoms with Crippen molar-refractivity contribution in [2.24, 2.45) is 0 Å². The molecular formula is C18H17NO4S.